The van der Waals surface area contributed by atoms with Gasteiger partial charge < -0.3 is 14.5 Å². The van der Waals surface area contributed by atoms with Gasteiger partial charge in [0.2, 0.25) is 0 Å². The van der Waals surface area contributed by atoms with Crippen molar-refractivity contribution in [3.63, 3.8) is 0 Å². The van der Waals surface area contributed by atoms with Crippen molar-refractivity contribution in [1.29, 1.82) is 0 Å². The molecule has 2 aromatic carbocycles. The summed E-state index contributed by atoms with van der Waals surface area (Å²) in [6, 6.07) is 20.3. The number of rotatable bonds is 6. The number of carbonyl (C=O) groups excluding carboxylic acids is 1. The van der Waals surface area contributed by atoms with Crippen LogP contribution in [0.3, 0.4) is 0 Å². The predicted molar refractivity (Wildman–Crippen MR) is 109 cm³/mol. The fraction of sp³-hybridized carbons (Fsp3) is 0.0909. The van der Waals surface area contributed by atoms with Crippen LogP contribution in [0, 0.1) is 6.92 Å². The van der Waals surface area contributed by atoms with Crippen LogP contribution < -0.4 is 10.1 Å². The summed E-state index contributed by atoms with van der Waals surface area (Å²) in [7, 11) is 0. The molecule has 0 radical (unpaired) electrons. The second kappa shape index (κ2) is 8.10. The smallest absolute Gasteiger partial charge is 0.255 e. The van der Waals surface area contributed by atoms with E-state index in [0.717, 1.165) is 21.3 Å². The van der Waals surface area contributed by atoms with E-state index in [9.17, 15) is 4.79 Å². The number of ether oxygens (including phenoxy) is 1. The standard InChI is InChI=1S/C22H18N2O3S/c1-15-20(28-22(24-15)19-12-7-13-26-19)14-23-21(25)17-10-5-6-11-18(17)27-16-8-3-2-4-9-16/h2-13H,14H2,1H3,(H,23,25). The van der Waals surface area contributed by atoms with Crippen LogP contribution in [0.1, 0.15) is 20.9 Å². The normalized spacial score (nSPS) is 10.6. The van der Waals surface area contributed by atoms with Crippen molar-refractivity contribution in [2.75, 3.05) is 0 Å². The lowest BCUT2D eigenvalue weighted by atomic mass is 10.2. The van der Waals surface area contributed by atoms with E-state index in [0.29, 0.717) is 23.6 Å². The third kappa shape index (κ3) is 3.97. The summed E-state index contributed by atoms with van der Waals surface area (Å²) in [4.78, 5) is 18.3. The number of furan rings is 1. The van der Waals surface area contributed by atoms with Gasteiger partial charge in [-0.15, -0.1) is 11.3 Å². The molecule has 1 N–H and O–H groups in total. The van der Waals surface area contributed by atoms with Crippen LogP contribution in [0.2, 0.25) is 0 Å². The molecule has 0 spiro atoms. The molecule has 2 heterocycles. The summed E-state index contributed by atoms with van der Waals surface area (Å²) in [5.41, 5.74) is 1.37. The van der Waals surface area contributed by atoms with E-state index < -0.39 is 0 Å². The van der Waals surface area contributed by atoms with Crippen molar-refractivity contribution >= 4 is 17.2 Å². The first-order valence-corrected chi connectivity index (χ1v) is 9.62. The lowest BCUT2D eigenvalue weighted by molar-refractivity contribution is 0.0949. The summed E-state index contributed by atoms with van der Waals surface area (Å²) in [5, 5.41) is 3.77. The molecule has 0 bridgehead atoms. The number of benzene rings is 2. The molecule has 140 valence electrons. The monoisotopic (exact) mass is 390 g/mol. The molecule has 0 saturated heterocycles. The second-order valence-corrected chi connectivity index (χ2v) is 7.18. The molecule has 5 nitrogen and oxygen atoms in total. The van der Waals surface area contributed by atoms with E-state index in [1.54, 1.807) is 18.4 Å². The van der Waals surface area contributed by atoms with Crippen molar-refractivity contribution in [1.82, 2.24) is 10.3 Å². The van der Waals surface area contributed by atoms with Crippen LogP contribution in [0.4, 0.5) is 0 Å². The first-order valence-electron chi connectivity index (χ1n) is 8.81. The molecule has 0 aliphatic heterocycles. The van der Waals surface area contributed by atoms with E-state index in [-0.39, 0.29) is 5.91 Å². The van der Waals surface area contributed by atoms with Crippen molar-refractivity contribution in [3.05, 3.63) is 89.1 Å². The number of para-hydroxylation sites is 2. The average molecular weight is 390 g/mol. The van der Waals surface area contributed by atoms with Gasteiger partial charge in [-0.3, -0.25) is 4.79 Å². The highest BCUT2D eigenvalue weighted by Gasteiger charge is 2.15. The van der Waals surface area contributed by atoms with E-state index in [2.05, 4.69) is 10.3 Å². The average Bonchev–Trinajstić information content (AvgIpc) is 3.37. The molecule has 6 heteroatoms. The Morgan fingerprint density at radius 2 is 1.86 bits per heavy atom. The maximum Gasteiger partial charge on any atom is 0.255 e. The summed E-state index contributed by atoms with van der Waals surface area (Å²) in [5.74, 6) is 1.74. The van der Waals surface area contributed by atoms with Gasteiger partial charge in [-0.1, -0.05) is 30.3 Å². The molecule has 4 aromatic rings. The van der Waals surface area contributed by atoms with E-state index in [4.69, 9.17) is 9.15 Å². The minimum atomic E-state index is -0.195. The molecular weight excluding hydrogens is 372 g/mol. The molecular formula is C22H18N2O3S. The summed E-state index contributed by atoms with van der Waals surface area (Å²) in [6.07, 6.45) is 1.62. The number of nitrogens with zero attached hydrogens (tertiary/aromatic N) is 1. The Balaban J connectivity index is 1.48. The zero-order valence-electron chi connectivity index (χ0n) is 15.2. The lowest BCUT2D eigenvalue weighted by Gasteiger charge is -2.11. The maximum atomic E-state index is 12.8. The van der Waals surface area contributed by atoms with Gasteiger partial charge in [0.15, 0.2) is 10.8 Å². The topological polar surface area (TPSA) is 64.4 Å². The van der Waals surface area contributed by atoms with Crippen LogP contribution in [0.5, 0.6) is 11.5 Å². The molecule has 28 heavy (non-hydrogen) atoms. The van der Waals surface area contributed by atoms with E-state index in [1.165, 1.54) is 11.3 Å². The number of aromatic nitrogens is 1. The van der Waals surface area contributed by atoms with Crippen LogP contribution in [-0.4, -0.2) is 10.9 Å². The number of hydrogen-bond donors (Lipinski definition) is 1. The second-order valence-electron chi connectivity index (χ2n) is 6.10. The van der Waals surface area contributed by atoms with Gasteiger partial charge in [-0.05, 0) is 43.3 Å². The fourth-order valence-electron chi connectivity index (χ4n) is 2.71. The quantitative estimate of drug-likeness (QED) is 0.476. The van der Waals surface area contributed by atoms with Gasteiger partial charge in [-0.2, -0.15) is 0 Å². The molecule has 0 unspecified atom stereocenters. The largest absolute Gasteiger partial charge is 0.462 e. The first-order chi connectivity index (χ1) is 13.7. The van der Waals surface area contributed by atoms with Crippen LogP contribution >= 0.6 is 11.3 Å². The van der Waals surface area contributed by atoms with Crippen LogP contribution in [-0.2, 0) is 6.54 Å². The third-order valence-corrected chi connectivity index (χ3v) is 5.31. The molecule has 0 saturated carbocycles. The molecule has 2 aromatic heterocycles. The van der Waals surface area contributed by atoms with E-state index >= 15 is 0 Å². The fourth-order valence-corrected chi connectivity index (χ4v) is 3.68. The van der Waals surface area contributed by atoms with Crippen molar-refractivity contribution in [3.8, 4) is 22.3 Å². The molecule has 0 fully saturated rings. The third-order valence-electron chi connectivity index (χ3n) is 4.14. The lowest BCUT2D eigenvalue weighted by Crippen LogP contribution is -2.23. The number of nitrogens with one attached hydrogen (secondary N) is 1. The Hall–Kier alpha value is -3.38. The van der Waals surface area contributed by atoms with Gasteiger partial charge in [-0.25, -0.2) is 4.98 Å². The molecule has 4 rings (SSSR count). The Morgan fingerprint density at radius 1 is 1.07 bits per heavy atom. The Labute approximate surface area is 166 Å². The summed E-state index contributed by atoms with van der Waals surface area (Å²) in [6.45, 7) is 2.32. The summed E-state index contributed by atoms with van der Waals surface area (Å²) >= 11 is 1.51. The number of hydrogen-bond acceptors (Lipinski definition) is 5. The minimum Gasteiger partial charge on any atom is -0.462 e. The highest BCUT2D eigenvalue weighted by molar-refractivity contribution is 7.15. The van der Waals surface area contributed by atoms with Crippen LogP contribution in [0.15, 0.2) is 77.4 Å². The molecule has 0 atom stereocenters. The van der Waals surface area contributed by atoms with Gasteiger partial charge in [0.05, 0.1) is 24.1 Å². The maximum absolute atomic E-state index is 12.8. The van der Waals surface area contributed by atoms with Crippen molar-refractivity contribution in [2.45, 2.75) is 13.5 Å². The molecule has 1 amide bonds. The Kier molecular flexibility index (Phi) is 5.21. The van der Waals surface area contributed by atoms with Gasteiger partial charge in [0.1, 0.15) is 11.5 Å². The van der Waals surface area contributed by atoms with E-state index in [1.807, 2.05) is 61.5 Å². The number of thiazole rings is 1. The van der Waals surface area contributed by atoms with Crippen molar-refractivity contribution < 1.29 is 13.9 Å². The first kappa shape index (κ1) is 18.0. The zero-order chi connectivity index (χ0) is 19.3. The van der Waals surface area contributed by atoms with Crippen LogP contribution in [0.25, 0.3) is 10.8 Å². The summed E-state index contributed by atoms with van der Waals surface area (Å²) < 4.78 is 11.3. The van der Waals surface area contributed by atoms with Gasteiger partial charge >= 0.3 is 0 Å². The number of carbonyl (C=O) groups is 1. The minimum absolute atomic E-state index is 0.195. The molecule has 0 aliphatic carbocycles. The molecule has 0 aliphatic rings. The van der Waals surface area contributed by atoms with Gasteiger partial charge in [0.25, 0.3) is 5.91 Å². The van der Waals surface area contributed by atoms with Gasteiger partial charge in [0, 0.05) is 4.88 Å². The SMILES string of the molecule is Cc1nc(-c2ccco2)sc1CNC(=O)c1ccccc1Oc1ccccc1. The zero-order valence-corrected chi connectivity index (χ0v) is 16.0. The Bertz CT molecular complexity index is 1070. The number of amides is 1. The number of aryl methyl sites for hydroxylation is 1. The highest BCUT2D eigenvalue weighted by atomic mass is 32.1. The van der Waals surface area contributed by atoms with Crippen molar-refractivity contribution in [2.24, 2.45) is 0 Å². The Morgan fingerprint density at radius 3 is 2.64 bits per heavy atom. The predicted octanol–water partition coefficient (Wildman–Crippen LogP) is 5.43. The highest BCUT2D eigenvalue weighted by Crippen LogP contribution is 2.29.